The van der Waals surface area contributed by atoms with E-state index in [0.29, 0.717) is 30.2 Å². The average Bonchev–Trinajstić information content (AvgIpc) is 3.07. The molecule has 0 saturated carbocycles. The summed E-state index contributed by atoms with van der Waals surface area (Å²) >= 11 is 5.91. The number of halogens is 1. The minimum absolute atomic E-state index is 0.213. The topological polar surface area (TPSA) is 71.2 Å². The molecule has 1 aromatic carbocycles. The fourth-order valence-electron chi connectivity index (χ4n) is 2.17. The molecule has 1 amide bonds. The number of β-amino-alcohol motifs (C(OH)–C–C–N with tert-alkyl or cyclic N) is 1. The maximum absolute atomic E-state index is 12.2. The molecule has 20 heavy (non-hydrogen) atoms. The zero-order valence-corrected chi connectivity index (χ0v) is 11.4. The van der Waals surface area contributed by atoms with Crippen LogP contribution < -0.4 is 0 Å². The van der Waals surface area contributed by atoms with Crippen molar-refractivity contribution in [3.05, 3.63) is 41.2 Å². The number of aliphatic hydroxyl groups is 1. The lowest BCUT2D eigenvalue weighted by Gasteiger charge is -2.12. The van der Waals surface area contributed by atoms with E-state index in [4.69, 9.17) is 11.6 Å². The van der Waals surface area contributed by atoms with E-state index in [1.54, 1.807) is 29.2 Å². The van der Waals surface area contributed by atoms with E-state index in [2.05, 4.69) is 10.2 Å². The monoisotopic (exact) mass is 292 g/mol. The van der Waals surface area contributed by atoms with Crippen LogP contribution in [0.2, 0.25) is 5.02 Å². The third-order valence-corrected chi connectivity index (χ3v) is 3.44. The Balaban J connectivity index is 1.81. The number of likely N-dealkylation sites (tertiary alicyclic amines) is 1. The molecule has 1 saturated heterocycles. The van der Waals surface area contributed by atoms with Gasteiger partial charge < -0.3 is 10.0 Å². The molecular weight excluding hydrogens is 280 g/mol. The van der Waals surface area contributed by atoms with E-state index in [-0.39, 0.29) is 11.6 Å². The maximum Gasteiger partial charge on any atom is 0.276 e. The third-order valence-electron chi connectivity index (χ3n) is 3.20. The molecule has 1 aromatic heterocycles. The highest BCUT2D eigenvalue weighted by atomic mass is 35.5. The number of amides is 1. The SMILES string of the molecule is O=C(c1cnn(-c2cccc(Cl)c2)n1)N1CC[C@@H](O)C1. The number of carbonyl (C=O) groups is 1. The zero-order valence-electron chi connectivity index (χ0n) is 10.6. The first kappa shape index (κ1) is 13.1. The van der Waals surface area contributed by atoms with Crippen LogP contribution in [0, 0.1) is 0 Å². The van der Waals surface area contributed by atoms with E-state index in [9.17, 15) is 9.90 Å². The normalized spacial score (nSPS) is 18.5. The van der Waals surface area contributed by atoms with Gasteiger partial charge in [-0.2, -0.15) is 9.90 Å². The molecule has 1 aliphatic rings. The molecule has 2 heterocycles. The molecule has 2 aromatic rings. The molecule has 0 spiro atoms. The second-order valence-corrected chi connectivity index (χ2v) is 5.13. The van der Waals surface area contributed by atoms with Gasteiger partial charge in [-0.25, -0.2) is 0 Å². The molecule has 0 bridgehead atoms. The van der Waals surface area contributed by atoms with Crippen LogP contribution in [0.15, 0.2) is 30.5 Å². The lowest BCUT2D eigenvalue weighted by atomic mass is 10.3. The molecule has 104 valence electrons. The predicted octanol–water partition coefficient (Wildman–Crippen LogP) is 1.13. The summed E-state index contributed by atoms with van der Waals surface area (Å²) in [5.74, 6) is -0.213. The highest BCUT2D eigenvalue weighted by molar-refractivity contribution is 6.30. The van der Waals surface area contributed by atoms with Crippen molar-refractivity contribution in [1.82, 2.24) is 19.9 Å². The number of hydrogen-bond acceptors (Lipinski definition) is 4. The molecule has 1 fully saturated rings. The van der Waals surface area contributed by atoms with Crippen LogP contribution in [-0.2, 0) is 0 Å². The van der Waals surface area contributed by atoms with E-state index in [1.807, 2.05) is 0 Å². The molecule has 0 unspecified atom stereocenters. The van der Waals surface area contributed by atoms with Gasteiger partial charge >= 0.3 is 0 Å². The first-order valence-electron chi connectivity index (χ1n) is 6.29. The quantitative estimate of drug-likeness (QED) is 0.900. The van der Waals surface area contributed by atoms with Crippen molar-refractivity contribution in [3.8, 4) is 5.69 Å². The van der Waals surface area contributed by atoms with Gasteiger partial charge in [0.15, 0.2) is 5.69 Å². The van der Waals surface area contributed by atoms with Gasteiger partial charge in [-0.15, -0.1) is 5.10 Å². The smallest absolute Gasteiger partial charge is 0.276 e. The molecule has 3 rings (SSSR count). The van der Waals surface area contributed by atoms with Gasteiger partial charge in [0.1, 0.15) is 0 Å². The Morgan fingerprint density at radius 1 is 1.45 bits per heavy atom. The number of hydrogen-bond donors (Lipinski definition) is 1. The number of aromatic nitrogens is 3. The Morgan fingerprint density at radius 2 is 2.30 bits per heavy atom. The first-order valence-corrected chi connectivity index (χ1v) is 6.67. The van der Waals surface area contributed by atoms with Crippen LogP contribution >= 0.6 is 11.6 Å². The van der Waals surface area contributed by atoms with E-state index in [1.165, 1.54) is 11.0 Å². The van der Waals surface area contributed by atoms with Crippen molar-refractivity contribution < 1.29 is 9.90 Å². The predicted molar refractivity (Wildman–Crippen MR) is 72.9 cm³/mol. The summed E-state index contributed by atoms with van der Waals surface area (Å²) < 4.78 is 0. The molecule has 1 atom stereocenters. The lowest BCUT2D eigenvalue weighted by molar-refractivity contribution is 0.0759. The first-order chi connectivity index (χ1) is 9.63. The third kappa shape index (κ3) is 2.52. The number of rotatable bonds is 2. The Bertz CT molecular complexity index is 643. The minimum atomic E-state index is -0.443. The van der Waals surface area contributed by atoms with E-state index < -0.39 is 6.10 Å². The summed E-state index contributed by atoms with van der Waals surface area (Å²) in [5, 5.41) is 18.3. The van der Waals surface area contributed by atoms with Gasteiger partial charge in [-0.3, -0.25) is 4.79 Å². The summed E-state index contributed by atoms with van der Waals surface area (Å²) in [4.78, 5) is 15.1. The number of benzene rings is 1. The minimum Gasteiger partial charge on any atom is -0.391 e. The van der Waals surface area contributed by atoms with Crippen molar-refractivity contribution in [2.24, 2.45) is 0 Å². The number of aliphatic hydroxyl groups excluding tert-OH is 1. The van der Waals surface area contributed by atoms with Crippen LogP contribution in [0.3, 0.4) is 0 Å². The highest BCUT2D eigenvalue weighted by Crippen LogP contribution is 2.15. The van der Waals surface area contributed by atoms with Gasteiger partial charge in [0, 0.05) is 18.1 Å². The summed E-state index contributed by atoms with van der Waals surface area (Å²) in [6.45, 7) is 0.896. The second-order valence-electron chi connectivity index (χ2n) is 4.69. The number of nitrogens with zero attached hydrogens (tertiary/aromatic N) is 4. The fraction of sp³-hybridized carbons (Fsp3) is 0.308. The van der Waals surface area contributed by atoms with Crippen molar-refractivity contribution in [2.75, 3.05) is 13.1 Å². The fourth-order valence-corrected chi connectivity index (χ4v) is 2.36. The lowest BCUT2D eigenvalue weighted by Crippen LogP contribution is -2.29. The van der Waals surface area contributed by atoms with Crippen molar-refractivity contribution in [1.29, 1.82) is 0 Å². The van der Waals surface area contributed by atoms with Crippen LogP contribution in [0.5, 0.6) is 0 Å². The molecule has 1 aliphatic heterocycles. The Morgan fingerprint density at radius 3 is 3.00 bits per heavy atom. The molecular formula is C13H13ClN4O2. The molecule has 1 N–H and O–H groups in total. The van der Waals surface area contributed by atoms with E-state index in [0.717, 1.165) is 0 Å². The molecule has 0 aliphatic carbocycles. The summed E-state index contributed by atoms with van der Waals surface area (Å²) in [6.07, 6.45) is 1.59. The summed E-state index contributed by atoms with van der Waals surface area (Å²) in [7, 11) is 0. The molecule has 6 nitrogen and oxygen atoms in total. The van der Waals surface area contributed by atoms with Gasteiger partial charge in [-0.1, -0.05) is 17.7 Å². The standard InChI is InChI=1S/C13H13ClN4O2/c14-9-2-1-3-10(6-9)18-15-7-12(16-18)13(20)17-5-4-11(19)8-17/h1-3,6-7,11,19H,4-5,8H2/t11-/m1/s1. The van der Waals surface area contributed by atoms with Crippen LogP contribution in [0.1, 0.15) is 16.9 Å². The largest absolute Gasteiger partial charge is 0.391 e. The summed E-state index contributed by atoms with van der Waals surface area (Å²) in [5.41, 5.74) is 0.956. The maximum atomic E-state index is 12.2. The average molecular weight is 293 g/mol. The van der Waals surface area contributed by atoms with Gasteiger partial charge in [0.2, 0.25) is 0 Å². The van der Waals surface area contributed by atoms with Gasteiger partial charge in [0.25, 0.3) is 5.91 Å². The second kappa shape index (κ2) is 5.22. The van der Waals surface area contributed by atoms with Crippen LogP contribution in [-0.4, -0.2) is 50.1 Å². The van der Waals surface area contributed by atoms with Crippen LogP contribution in [0.25, 0.3) is 5.69 Å². The molecule has 0 radical (unpaired) electrons. The van der Waals surface area contributed by atoms with Gasteiger partial charge in [0.05, 0.1) is 18.0 Å². The Kier molecular flexibility index (Phi) is 3.42. The number of carbonyl (C=O) groups excluding carboxylic acids is 1. The molecule has 7 heteroatoms. The van der Waals surface area contributed by atoms with Crippen molar-refractivity contribution in [3.63, 3.8) is 0 Å². The van der Waals surface area contributed by atoms with Crippen LogP contribution in [0.4, 0.5) is 0 Å². The summed E-state index contributed by atoms with van der Waals surface area (Å²) in [6, 6.07) is 7.07. The Labute approximate surface area is 120 Å². The van der Waals surface area contributed by atoms with Crippen molar-refractivity contribution in [2.45, 2.75) is 12.5 Å². The van der Waals surface area contributed by atoms with Gasteiger partial charge in [-0.05, 0) is 24.6 Å². The zero-order chi connectivity index (χ0) is 14.1. The van der Waals surface area contributed by atoms with E-state index >= 15 is 0 Å². The highest BCUT2D eigenvalue weighted by Gasteiger charge is 2.27. The Hall–Kier alpha value is -1.92. The van der Waals surface area contributed by atoms with Crippen molar-refractivity contribution >= 4 is 17.5 Å².